The number of benzene rings is 3. The highest BCUT2D eigenvalue weighted by Crippen LogP contribution is 2.13. The van der Waals surface area contributed by atoms with Crippen LogP contribution in [0.4, 0.5) is 0 Å². The van der Waals surface area contributed by atoms with Gasteiger partial charge in [0.2, 0.25) is 5.91 Å². The maximum absolute atomic E-state index is 13.5. The van der Waals surface area contributed by atoms with Crippen molar-refractivity contribution in [3.8, 4) is 5.69 Å². The van der Waals surface area contributed by atoms with E-state index in [1.807, 2.05) is 50.2 Å². The molecule has 0 saturated heterocycles. The second-order valence-corrected chi connectivity index (χ2v) is 8.55. The second kappa shape index (κ2) is 9.69. The topological polar surface area (TPSA) is 73.1 Å². The zero-order valence-electron chi connectivity index (χ0n) is 18.8. The third-order valence-corrected chi connectivity index (χ3v) is 5.50. The third-order valence-electron chi connectivity index (χ3n) is 5.50. The minimum absolute atomic E-state index is 0.0514. The molecule has 0 spiro atoms. The lowest BCUT2D eigenvalue weighted by Gasteiger charge is -2.14. The number of carbonyl (C=O) groups is 1. The number of rotatable bonds is 7. The Hall–Kier alpha value is -3.93. The molecule has 0 saturated carbocycles. The third kappa shape index (κ3) is 4.95. The molecule has 0 aliphatic carbocycles. The van der Waals surface area contributed by atoms with Crippen molar-refractivity contribution in [1.29, 1.82) is 0 Å². The second-order valence-electron chi connectivity index (χ2n) is 8.55. The first kappa shape index (κ1) is 22.3. The molecule has 4 aromatic rings. The van der Waals surface area contributed by atoms with Crippen LogP contribution in [0.5, 0.6) is 0 Å². The van der Waals surface area contributed by atoms with Crippen molar-refractivity contribution in [1.82, 2.24) is 14.5 Å². The molecule has 0 aliphatic rings. The Morgan fingerprint density at radius 3 is 2.21 bits per heavy atom. The molecule has 6 heteroatoms. The van der Waals surface area contributed by atoms with Gasteiger partial charge in [0.05, 0.1) is 29.6 Å². The van der Waals surface area contributed by atoms with Crippen LogP contribution in [-0.2, 0) is 17.8 Å². The maximum atomic E-state index is 13.5. The van der Waals surface area contributed by atoms with Crippen LogP contribution in [0, 0.1) is 5.92 Å². The Morgan fingerprint density at radius 2 is 1.52 bits per heavy atom. The van der Waals surface area contributed by atoms with Gasteiger partial charge in [-0.05, 0) is 41.3 Å². The number of fused-ring (bicyclic) bond motifs is 1. The summed E-state index contributed by atoms with van der Waals surface area (Å²) in [6.45, 7) is 5.07. The van der Waals surface area contributed by atoms with Gasteiger partial charge in [-0.3, -0.25) is 14.2 Å². The molecular weight excluding hydrogens is 414 g/mol. The maximum Gasteiger partial charge on any atom is 0.336 e. The lowest BCUT2D eigenvalue weighted by Crippen LogP contribution is -2.39. The predicted molar refractivity (Wildman–Crippen MR) is 131 cm³/mol. The van der Waals surface area contributed by atoms with Crippen LogP contribution >= 0.6 is 0 Å². The zero-order valence-corrected chi connectivity index (χ0v) is 18.8. The Labute approximate surface area is 192 Å². The lowest BCUT2D eigenvalue weighted by atomic mass is 10.1. The van der Waals surface area contributed by atoms with E-state index in [2.05, 4.69) is 5.32 Å². The highest BCUT2D eigenvalue weighted by molar-refractivity contribution is 5.79. The summed E-state index contributed by atoms with van der Waals surface area (Å²) >= 11 is 0. The molecule has 4 rings (SSSR count). The number of aromatic nitrogens is 2. The Morgan fingerprint density at radius 1 is 0.848 bits per heavy atom. The monoisotopic (exact) mass is 441 g/mol. The first-order valence-corrected chi connectivity index (χ1v) is 11.1. The van der Waals surface area contributed by atoms with Gasteiger partial charge in [-0.15, -0.1) is 0 Å². The molecular formula is C27H27N3O3. The van der Waals surface area contributed by atoms with Crippen LogP contribution in [0.25, 0.3) is 16.6 Å². The molecule has 1 aromatic heterocycles. The number of hydrogen-bond acceptors (Lipinski definition) is 3. The van der Waals surface area contributed by atoms with Crippen LogP contribution < -0.4 is 16.6 Å². The van der Waals surface area contributed by atoms with E-state index in [0.29, 0.717) is 35.6 Å². The quantitative estimate of drug-likeness (QED) is 0.477. The Balaban J connectivity index is 1.73. The van der Waals surface area contributed by atoms with E-state index in [-0.39, 0.29) is 17.9 Å². The van der Waals surface area contributed by atoms with Gasteiger partial charge in [0.1, 0.15) is 0 Å². The SMILES string of the molecule is CC(C)CNC(=O)Cc1ccc(-n2c(=O)c3ccccc3n(Cc3ccccc3)c2=O)cc1. The van der Waals surface area contributed by atoms with Gasteiger partial charge in [0.25, 0.3) is 5.56 Å². The van der Waals surface area contributed by atoms with E-state index in [4.69, 9.17) is 0 Å². The summed E-state index contributed by atoms with van der Waals surface area (Å²) in [6, 6.07) is 23.8. The molecule has 0 atom stereocenters. The molecule has 0 bridgehead atoms. The fourth-order valence-corrected chi connectivity index (χ4v) is 3.80. The normalized spacial score (nSPS) is 11.1. The molecule has 3 aromatic carbocycles. The first-order chi connectivity index (χ1) is 15.9. The summed E-state index contributed by atoms with van der Waals surface area (Å²) < 4.78 is 2.83. The predicted octanol–water partition coefficient (Wildman–Crippen LogP) is 3.52. The van der Waals surface area contributed by atoms with Crippen LogP contribution in [0.3, 0.4) is 0 Å². The van der Waals surface area contributed by atoms with E-state index in [1.54, 1.807) is 47.0 Å². The van der Waals surface area contributed by atoms with E-state index >= 15 is 0 Å². The van der Waals surface area contributed by atoms with Crippen molar-refractivity contribution < 1.29 is 4.79 Å². The van der Waals surface area contributed by atoms with Gasteiger partial charge in [-0.2, -0.15) is 0 Å². The fraction of sp³-hybridized carbons (Fsp3) is 0.222. The smallest absolute Gasteiger partial charge is 0.336 e. The highest BCUT2D eigenvalue weighted by atomic mass is 16.2. The summed E-state index contributed by atoms with van der Waals surface area (Å²) in [4.78, 5) is 38.9. The zero-order chi connectivity index (χ0) is 23.4. The van der Waals surface area contributed by atoms with Crippen molar-refractivity contribution in [3.05, 3.63) is 111 Å². The lowest BCUT2D eigenvalue weighted by molar-refractivity contribution is -0.120. The average Bonchev–Trinajstić information content (AvgIpc) is 2.82. The van der Waals surface area contributed by atoms with Crippen LogP contribution in [0.1, 0.15) is 25.0 Å². The molecule has 0 aliphatic heterocycles. The van der Waals surface area contributed by atoms with E-state index in [1.165, 1.54) is 4.57 Å². The van der Waals surface area contributed by atoms with Gasteiger partial charge in [0.15, 0.2) is 0 Å². The van der Waals surface area contributed by atoms with Gasteiger partial charge in [-0.1, -0.05) is 68.4 Å². The molecule has 168 valence electrons. The van der Waals surface area contributed by atoms with E-state index in [9.17, 15) is 14.4 Å². The summed E-state index contributed by atoms with van der Waals surface area (Å²) in [5, 5.41) is 3.38. The number of carbonyl (C=O) groups excluding carboxylic acids is 1. The van der Waals surface area contributed by atoms with Crippen molar-refractivity contribution >= 4 is 16.8 Å². The molecule has 0 unspecified atom stereocenters. The minimum atomic E-state index is -0.398. The average molecular weight is 442 g/mol. The summed E-state index contributed by atoms with van der Waals surface area (Å²) in [5.74, 6) is 0.332. The number of para-hydroxylation sites is 1. The van der Waals surface area contributed by atoms with Crippen molar-refractivity contribution in [2.45, 2.75) is 26.8 Å². The number of amides is 1. The number of hydrogen-bond donors (Lipinski definition) is 1. The van der Waals surface area contributed by atoms with E-state index < -0.39 is 5.69 Å². The Bertz CT molecular complexity index is 1380. The van der Waals surface area contributed by atoms with Crippen molar-refractivity contribution in [2.75, 3.05) is 6.54 Å². The van der Waals surface area contributed by atoms with Gasteiger partial charge in [-0.25, -0.2) is 9.36 Å². The van der Waals surface area contributed by atoms with Gasteiger partial charge < -0.3 is 5.32 Å². The van der Waals surface area contributed by atoms with Crippen molar-refractivity contribution in [3.63, 3.8) is 0 Å². The van der Waals surface area contributed by atoms with Gasteiger partial charge in [0, 0.05) is 6.54 Å². The van der Waals surface area contributed by atoms with Crippen LogP contribution in [0.2, 0.25) is 0 Å². The fourth-order valence-electron chi connectivity index (χ4n) is 3.80. The molecule has 1 heterocycles. The standard InChI is InChI=1S/C27H27N3O3/c1-19(2)17-28-25(31)16-20-12-14-22(15-13-20)30-26(32)23-10-6-7-11-24(23)29(27(30)33)18-21-8-4-3-5-9-21/h3-15,19H,16-18H2,1-2H3,(H,28,31). The summed E-state index contributed by atoms with van der Waals surface area (Å²) in [6.07, 6.45) is 0.248. The number of nitrogens with one attached hydrogen (secondary N) is 1. The van der Waals surface area contributed by atoms with Crippen LogP contribution in [-0.4, -0.2) is 21.6 Å². The molecule has 0 radical (unpaired) electrons. The molecule has 1 amide bonds. The largest absolute Gasteiger partial charge is 0.356 e. The number of nitrogens with zero attached hydrogens (tertiary/aromatic N) is 2. The highest BCUT2D eigenvalue weighted by Gasteiger charge is 2.15. The van der Waals surface area contributed by atoms with E-state index in [0.717, 1.165) is 11.1 Å². The van der Waals surface area contributed by atoms with Crippen molar-refractivity contribution in [2.24, 2.45) is 5.92 Å². The summed E-state index contributed by atoms with van der Waals surface area (Å²) in [7, 11) is 0. The molecule has 33 heavy (non-hydrogen) atoms. The Kier molecular flexibility index (Phi) is 6.54. The van der Waals surface area contributed by atoms with Gasteiger partial charge >= 0.3 is 5.69 Å². The molecule has 1 N–H and O–H groups in total. The summed E-state index contributed by atoms with van der Waals surface area (Å²) in [5.41, 5.74) is 2.11. The first-order valence-electron chi connectivity index (χ1n) is 11.1. The van der Waals surface area contributed by atoms with Crippen LogP contribution in [0.15, 0.2) is 88.5 Å². The molecule has 0 fully saturated rings. The molecule has 6 nitrogen and oxygen atoms in total. The minimum Gasteiger partial charge on any atom is -0.356 e.